The molecule has 0 heterocycles. The summed E-state index contributed by atoms with van der Waals surface area (Å²) >= 11 is 0. The van der Waals surface area contributed by atoms with E-state index in [-0.39, 0.29) is 51.5 Å². The minimum absolute atomic E-state index is 0.143. The summed E-state index contributed by atoms with van der Waals surface area (Å²) in [4.78, 5) is 43.8. The number of oxime groups is 1. The molecule has 4 saturated carbocycles. The van der Waals surface area contributed by atoms with E-state index in [1.807, 2.05) is 6.92 Å². The molecular weight excluding hydrogens is 546 g/mol. The number of ether oxygens (including phenoxy) is 2. The molecular formula is C35H51NO7. The summed E-state index contributed by atoms with van der Waals surface area (Å²) in [5, 5.41) is 14.0. The van der Waals surface area contributed by atoms with Crippen LogP contribution in [-0.2, 0) is 28.7 Å². The number of hydrogen-bond acceptors (Lipinski definition) is 8. The van der Waals surface area contributed by atoms with Gasteiger partial charge in [-0.2, -0.15) is 0 Å². The molecule has 2 spiro atoms. The SMILES string of the molecule is C=C(C(=O)[C@H](OC(C)=O)[C@@H](C)[C@H]1[C@@H](OC(C)=O)C[C@@]2(C)[C@@H]3CC[C@H]4[C@H](C)/C(=N/OC)C=C[C@@]45C[C@@]35CC[C@]12C)[C@@H](C)CO. The van der Waals surface area contributed by atoms with Crippen molar-refractivity contribution >= 4 is 23.4 Å². The fraction of sp³-hybridized carbons (Fsp3) is 0.771. The Hall–Kier alpha value is -2.48. The maximum absolute atomic E-state index is 13.8. The van der Waals surface area contributed by atoms with E-state index in [0.29, 0.717) is 17.8 Å². The first-order valence-corrected chi connectivity index (χ1v) is 16.1. The monoisotopic (exact) mass is 597 g/mol. The Labute approximate surface area is 256 Å². The molecule has 5 aliphatic rings. The van der Waals surface area contributed by atoms with Crippen LogP contribution in [0.4, 0.5) is 0 Å². The van der Waals surface area contributed by atoms with Gasteiger partial charge in [-0.15, -0.1) is 0 Å². The van der Waals surface area contributed by atoms with Gasteiger partial charge in [0.1, 0.15) is 13.2 Å². The highest BCUT2D eigenvalue weighted by Gasteiger charge is 2.81. The van der Waals surface area contributed by atoms with E-state index in [9.17, 15) is 19.5 Å². The summed E-state index contributed by atoms with van der Waals surface area (Å²) < 4.78 is 11.9. The number of nitrogens with zero attached hydrogens (tertiary/aromatic N) is 1. The molecule has 1 N–H and O–H groups in total. The summed E-state index contributed by atoms with van der Waals surface area (Å²) in [6.07, 6.45) is 9.28. The fourth-order valence-corrected chi connectivity index (χ4v) is 11.2. The van der Waals surface area contributed by atoms with E-state index in [1.165, 1.54) is 20.3 Å². The van der Waals surface area contributed by atoms with Crippen molar-refractivity contribution in [2.45, 2.75) is 99.2 Å². The third-order valence-corrected chi connectivity index (χ3v) is 13.3. The van der Waals surface area contributed by atoms with Gasteiger partial charge in [0.05, 0.1) is 5.71 Å². The van der Waals surface area contributed by atoms with Crippen molar-refractivity contribution in [2.75, 3.05) is 13.7 Å². The average Bonchev–Trinajstić information content (AvgIpc) is 3.55. The van der Waals surface area contributed by atoms with Gasteiger partial charge in [-0.05, 0) is 83.7 Å². The van der Waals surface area contributed by atoms with Crippen LogP contribution < -0.4 is 0 Å². The first-order chi connectivity index (χ1) is 20.1. The Morgan fingerprint density at radius 1 is 1.12 bits per heavy atom. The summed E-state index contributed by atoms with van der Waals surface area (Å²) in [7, 11) is 1.61. The summed E-state index contributed by atoms with van der Waals surface area (Å²) in [6, 6.07) is 0. The Bertz CT molecular complexity index is 1260. The van der Waals surface area contributed by atoms with E-state index in [2.05, 4.69) is 44.7 Å². The minimum Gasteiger partial charge on any atom is -0.462 e. The molecule has 43 heavy (non-hydrogen) atoms. The Morgan fingerprint density at radius 3 is 2.42 bits per heavy atom. The van der Waals surface area contributed by atoms with Crippen molar-refractivity contribution in [3.05, 3.63) is 24.3 Å². The van der Waals surface area contributed by atoms with Crippen molar-refractivity contribution in [1.82, 2.24) is 0 Å². The first kappa shape index (κ1) is 31.9. The normalized spacial score (nSPS) is 43.7. The number of Topliss-reactive ketones (excluding diaryl/α,β-unsaturated/α-hetero) is 1. The van der Waals surface area contributed by atoms with Crippen LogP contribution >= 0.6 is 0 Å². The third kappa shape index (κ3) is 4.47. The predicted molar refractivity (Wildman–Crippen MR) is 163 cm³/mol. The van der Waals surface area contributed by atoms with Crippen molar-refractivity contribution in [3.63, 3.8) is 0 Å². The second kappa shape index (κ2) is 10.8. The fourth-order valence-electron chi connectivity index (χ4n) is 11.2. The number of carbonyl (C=O) groups excluding carboxylic acids is 3. The van der Waals surface area contributed by atoms with Gasteiger partial charge in [-0.3, -0.25) is 14.4 Å². The number of ketones is 1. The molecule has 0 radical (unpaired) electrons. The highest BCUT2D eigenvalue weighted by atomic mass is 16.6. The first-order valence-electron chi connectivity index (χ1n) is 16.1. The van der Waals surface area contributed by atoms with Gasteiger partial charge in [-0.1, -0.05) is 52.4 Å². The number of aliphatic hydroxyl groups excluding tert-OH is 1. The van der Waals surface area contributed by atoms with Crippen molar-refractivity contribution < 1.29 is 33.8 Å². The number of aliphatic hydroxyl groups is 1. The molecule has 0 amide bonds. The van der Waals surface area contributed by atoms with Crippen LogP contribution in [0.5, 0.6) is 0 Å². The van der Waals surface area contributed by atoms with Crippen LogP contribution in [0.3, 0.4) is 0 Å². The molecule has 0 saturated heterocycles. The molecule has 8 heteroatoms. The van der Waals surface area contributed by atoms with Gasteiger partial charge in [0.25, 0.3) is 0 Å². The molecule has 8 nitrogen and oxygen atoms in total. The maximum atomic E-state index is 13.8. The second-order valence-electron chi connectivity index (χ2n) is 15.0. The number of rotatable bonds is 9. The van der Waals surface area contributed by atoms with Crippen LogP contribution in [0.1, 0.15) is 87.0 Å². The lowest BCUT2D eigenvalue weighted by Gasteiger charge is -2.61. The molecule has 12 atom stereocenters. The highest BCUT2D eigenvalue weighted by Crippen LogP contribution is 2.87. The molecule has 0 aliphatic heterocycles. The van der Waals surface area contributed by atoms with Gasteiger partial charge in [-0.25, -0.2) is 0 Å². The molecule has 5 aliphatic carbocycles. The van der Waals surface area contributed by atoms with Crippen LogP contribution in [-0.4, -0.2) is 54.5 Å². The zero-order chi connectivity index (χ0) is 31.7. The smallest absolute Gasteiger partial charge is 0.303 e. The molecule has 0 unspecified atom stereocenters. The zero-order valence-electron chi connectivity index (χ0n) is 27.3. The second-order valence-corrected chi connectivity index (χ2v) is 15.0. The van der Waals surface area contributed by atoms with Crippen LogP contribution in [0, 0.1) is 57.2 Å². The molecule has 4 fully saturated rings. The molecule has 5 rings (SSSR count). The van der Waals surface area contributed by atoms with Gasteiger partial charge < -0.3 is 19.4 Å². The standard InChI is InChI=1S/C35H51NO7/c1-19(17-37)20(2)30(40)31(43-24(6)39)22(4)29-27(42-23(5)38)16-33(8)28-11-10-25-21(3)26(36-41-9)12-13-34(25)18-35(28,34)15-14-32(29,33)7/h12-13,19,21-22,25,27-29,31,37H,2,10-11,14-18H2,1,3-9H3/b36-26+/t19-,21-,22-,25-,27-,28-,29-,31+,32+,33-,34+,35-/m0/s1. The summed E-state index contributed by atoms with van der Waals surface area (Å²) in [5.74, 6) is -1.01. The lowest BCUT2D eigenvalue weighted by atomic mass is 9.43. The predicted octanol–water partition coefficient (Wildman–Crippen LogP) is 5.68. The quantitative estimate of drug-likeness (QED) is 0.207. The maximum Gasteiger partial charge on any atom is 0.303 e. The average molecular weight is 598 g/mol. The van der Waals surface area contributed by atoms with Crippen LogP contribution in [0.15, 0.2) is 29.5 Å². The van der Waals surface area contributed by atoms with Crippen molar-refractivity contribution in [2.24, 2.45) is 62.3 Å². The van der Waals surface area contributed by atoms with Crippen LogP contribution in [0.25, 0.3) is 0 Å². The van der Waals surface area contributed by atoms with E-state index < -0.39 is 30.0 Å². The van der Waals surface area contributed by atoms with Gasteiger partial charge >= 0.3 is 11.9 Å². The van der Waals surface area contributed by atoms with E-state index in [0.717, 1.165) is 37.8 Å². The number of esters is 2. The van der Waals surface area contributed by atoms with Gasteiger partial charge in [0, 0.05) is 44.1 Å². The summed E-state index contributed by atoms with van der Waals surface area (Å²) in [6.45, 7) is 17.2. The third-order valence-electron chi connectivity index (χ3n) is 13.3. The molecule has 238 valence electrons. The highest BCUT2D eigenvalue weighted by molar-refractivity contribution is 6.00. The van der Waals surface area contributed by atoms with Crippen molar-refractivity contribution in [3.8, 4) is 0 Å². The Kier molecular flexibility index (Phi) is 8.06. The number of hydrogen-bond donors (Lipinski definition) is 1. The minimum atomic E-state index is -1.07. The van der Waals surface area contributed by atoms with Gasteiger partial charge in [0.15, 0.2) is 11.9 Å². The molecule has 0 aromatic heterocycles. The lowest BCUT2D eigenvalue weighted by molar-refractivity contribution is -0.166. The Morgan fingerprint density at radius 2 is 1.81 bits per heavy atom. The van der Waals surface area contributed by atoms with E-state index in [1.54, 1.807) is 14.0 Å². The Balaban J connectivity index is 1.53. The number of fused-ring (bicyclic) bond motifs is 2. The van der Waals surface area contributed by atoms with Crippen LogP contribution in [0.2, 0.25) is 0 Å². The van der Waals surface area contributed by atoms with Gasteiger partial charge in [0.2, 0.25) is 0 Å². The topological polar surface area (TPSA) is 111 Å². The molecule has 0 aromatic rings. The number of carbonyl (C=O) groups is 3. The largest absolute Gasteiger partial charge is 0.462 e. The number of allylic oxidation sites excluding steroid dienone is 2. The lowest BCUT2D eigenvalue weighted by Crippen LogP contribution is -2.56. The van der Waals surface area contributed by atoms with Crippen molar-refractivity contribution in [1.29, 1.82) is 0 Å². The molecule has 0 bridgehead atoms. The zero-order valence-corrected chi connectivity index (χ0v) is 27.3. The van der Waals surface area contributed by atoms with E-state index in [4.69, 9.17) is 14.3 Å². The summed E-state index contributed by atoms with van der Waals surface area (Å²) in [5.41, 5.74) is 1.22. The van der Waals surface area contributed by atoms with E-state index >= 15 is 0 Å². The molecule has 0 aromatic carbocycles.